The number of hydrogen-bond donors (Lipinski definition) is 2. The second-order valence-corrected chi connectivity index (χ2v) is 13.9. The fraction of sp³-hybridized carbons (Fsp3) is 0.0667. The van der Waals surface area contributed by atoms with Gasteiger partial charge in [-0.05, 0) is 47.0 Å². The van der Waals surface area contributed by atoms with Gasteiger partial charge in [0.15, 0.2) is 0 Å². The van der Waals surface area contributed by atoms with Crippen molar-refractivity contribution in [1.29, 1.82) is 0 Å². The van der Waals surface area contributed by atoms with E-state index >= 15 is 4.39 Å². The van der Waals surface area contributed by atoms with Crippen molar-refractivity contribution >= 4 is 51.8 Å². The average Bonchev–Trinajstić information content (AvgIpc) is 3.92. The van der Waals surface area contributed by atoms with Crippen LogP contribution in [0.5, 0.6) is 0 Å². The number of rotatable bonds is 9. The summed E-state index contributed by atoms with van der Waals surface area (Å²) in [6.45, 7) is 0.0148. The van der Waals surface area contributed by atoms with E-state index in [1.807, 2.05) is 72.9 Å². The molecule has 0 radical (unpaired) electrons. The van der Waals surface area contributed by atoms with Crippen LogP contribution in [0, 0.1) is 5.82 Å². The van der Waals surface area contributed by atoms with Crippen LogP contribution in [-0.4, -0.2) is 42.1 Å². The summed E-state index contributed by atoms with van der Waals surface area (Å²) in [7, 11) is 0. The number of hydrogen-bond acceptors (Lipinski definition) is 7. The molecule has 0 saturated carbocycles. The number of carbonyl (C=O) groups excluding carboxylic acids is 2. The van der Waals surface area contributed by atoms with E-state index in [1.54, 1.807) is 59.8 Å². The highest BCUT2D eigenvalue weighted by atomic mass is 32.1. The lowest BCUT2D eigenvalue weighted by atomic mass is 9.77. The van der Waals surface area contributed by atoms with Crippen molar-refractivity contribution in [3.63, 3.8) is 0 Å². The number of benzene rings is 6. The molecular formula is C45H33FN8O2S. The van der Waals surface area contributed by atoms with Gasteiger partial charge < -0.3 is 20.1 Å². The number of aliphatic imine (C=N–C) groups is 1. The first kappa shape index (κ1) is 35.4. The van der Waals surface area contributed by atoms with Crippen LogP contribution in [0.3, 0.4) is 0 Å². The van der Waals surface area contributed by atoms with Crippen LogP contribution in [0.2, 0.25) is 0 Å². The molecule has 0 saturated heterocycles. The summed E-state index contributed by atoms with van der Waals surface area (Å²) >= 11 is 1.03. The third kappa shape index (κ3) is 6.51. The second-order valence-electron chi connectivity index (χ2n) is 13.4. The highest BCUT2D eigenvalue weighted by Gasteiger charge is 2.39. The molecule has 6 aromatic carbocycles. The summed E-state index contributed by atoms with van der Waals surface area (Å²) in [6, 6.07) is 48.7. The number of benzodiazepines with no additional fused rings is 1. The number of urea groups is 1. The third-order valence-electron chi connectivity index (χ3n) is 10.1. The van der Waals surface area contributed by atoms with Gasteiger partial charge in [-0.2, -0.15) is 8.75 Å². The van der Waals surface area contributed by atoms with Crippen molar-refractivity contribution in [3.8, 4) is 0 Å². The molecule has 0 aliphatic carbocycles. The smallest absolute Gasteiger partial charge is 0.319 e. The molecule has 2 N–H and O–H groups in total. The largest absolute Gasteiger partial charge is 0.321 e. The van der Waals surface area contributed by atoms with Crippen molar-refractivity contribution in [1.82, 2.24) is 23.6 Å². The zero-order valence-corrected chi connectivity index (χ0v) is 31.1. The first-order chi connectivity index (χ1) is 28.0. The SMILES string of the molecule is O=C(Nc1cccc2nsnc12)N[C@@H]1N=C(c2ccccc2F)c2ccccc2N(Cc2cn(C(c3ccccc3)(c3ccccc3)c3ccccc3)cn2)C1=O. The molecule has 0 bridgehead atoms. The maximum Gasteiger partial charge on any atom is 0.321 e. The molecule has 57 heavy (non-hydrogen) atoms. The van der Waals surface area contributed by atoms with E-state index in [9.17, 15) is 9.59 Å². The number of nitrogens with zero attached hydrogens (tertiary/aromatic N) is 6. The molecule has 1 aliphatic heterocycles. The molecule has 10 nitrogen and oxygen atoms in total. The van der Waals surface area contributed by atoms with E-state index in [0.29, 0.717) is 33.7 Å². The van der Waals surface area contributed by atoms with E-state index < -0.39 is 29.5 Å². The van der Waals surface area contributed by atoms with Gasteiger partial charge in [-0.3, -0.25) is 4.79 Å². The Morgan fingerprint density at radius 1 is 0.719 bits per heavy atom. The van der Waals surface area contributed by atoms with Crippen LogP contribution in [-0.2, 0) is 16.9 Å². The van der Waals surface area contributed by atoms with E-state index in [-0.39, 0.29) is 17.8 Å². The van der Waals surface area contributed by atoms with Crippen molar-refractivity contribution < 1.29 is 14.0 Å². The fourth-order valence-corrected chi connectivity index (χ4v) is 8.07. The first-order valence-electron chi connectivity index (χ1n) is 18.2. The quantitative estimate of drug-likeness (QED) is 0.143. The fourth-order valence-electron chi connectivity index (χ4n) is 7.52. The predicted octanol–water partition coefficient (Wildman–Crippen LogP) is 8.40. The van der Waals surface area contributed by atoms with Crippen molar-refractivity contribution in [2.75, 3.05) is 10.2 Å². The van der Waals surface area contributed by atoms with E-state index in [0.717, 1.165) is 28.4 Å². The minimum atomic E-state index is -1.45. The van der Waals surface area contributed by atoms with E-state index in [1.165, 1.54) is 6.07 Å². The molecule has 0 unspecified atom stereocenters. The Bertz CT molecular complexity index is 2660. The Balaban J connectivity index is 1.14. The lowest BCUT2D eigenvalue weighted by Gasteiger charge is -2.37. The third-order valence-corrected chi connectivity index (χ3v) is 10.6. The zero-order valence-electron chi connectivity index (χ0n) is 30.2. The standard InChI is InChI=1S/C45H33FN8O2S/c46-36-23-12-10-21-34(36)40-35-22-11-13-26-39(35)54(43(55)42(49-40)50-44(56)48-37-24-14-25-38-41(37)52-57-51-38)28-33-27-53(29-47-33)45(30-15-4-1-5-16-30,31-17-6-2-7-18-31)32-19-8-3-9-20-32/h1-27,29,42H,28H2,(H2,48,50,56)/t42-/m0/s1. The second kappa shape index (κ2) is 15.1. The Hall–Kier alpha value is -7.31. The Labute approximate surface area is 331 Å². The summed E-state index contributed by atoms with van der Waals surface area (Å²) in [4.78, 5) is 39.7. The molecule has 8 aromatic rings. The summed E-state index contributed by atoms with van der Waals surface area (Å²) in [5, 5.41) is 5.56. The molecule has 9 rings (SSSR count). The number of imidazole rings is 1. The van der Waals surface area contributed by atoms with Crippen LogP contribution in [0.15, 0.2) is 175 Å². The predicted molar refractivity (Wildman–Crippen MR) is 220 cm³/mol. The zero-order chi connectivity index (χ0) is 38.8. The Morgan fingerprint density at radius 2 is 1.33 bits per heavy atom. The number of nitrogens with one attached hydrogen (secondary N) is 2. The molecule has 12 heteroatoms. The lowest BCUT2D eigenvalue weighted by molar-refractivity contribution is -0.120. The molecule has 1 atom stereocenters. The summed E-state index contributed by atoms with van der Waals surface area (Å²) in [5.74, 6) is -1.05. The van der Waals surface area contributed by atoms with Crippen LogP contribution in [0.4, 0.5) is 20.6 Å². The number of halogens is 1. The Kier molecular flexibility index (Phi) is 9.36. The van der Waals surface area contributed by atoms with Gasteiger partial charge in [0.2, 0.25) is 6.17 Å². The normalized spacial score (nSPS) is 14.1. The molecule has 2 aromatic heterocycles. The van der Waals surface area contributed by atoms with Gasteiger partial charge in [-0.25, -0.2) is 19.2 Å². The molecule has 3 amide bonds. The number of para-hydroxylation sites is 1. The van der Waals surface area contributed by atoms with Gasteiger partial charge in [0.05, 0.1) is 47.4 Å². The van der Waals surface area contributed by atoms with Crippen LogP contribution < -0.4 is 15.5 Å². The van der Waals surface area contributed by atoms with Gasteiger partial charge in [0.1, 0.15) is 22.4 Å². The molecule has 0 fully saturated rings. The van der Waals surface area contributed by atoms with Gasteiger partial charge >= 0.3 is 6.03 Å². The molecule has 0 spiro atoms. The highest BCUT2D eigenvalue weighted by Crippen LogP contribution is 2.41. The van der Waals surface area contributed by atoms with Crippen molar-refractivity contribution in [3.05, 3.63) is 210 Å². The van der Waals surface area contributed by atoms with Crippen molar-refractivity contribution in [2.45, 2.75) is 18.2 Å². The molecule has 278 valence electrons. The first-order valence-corrected chi connectivity index (χ1v) is 19.0. The number of aromatic nitrogens is 4. The van der Waals surface area contributed by atoms with Crippen LogP contribution in [0.25, 0.3) is 11.0 Å². The summed E-state index contributed by atoms with van der Waals surface area (Å²) < 4.78 is 26.2. The minimum Gasteiger partial charge on any atom is -0.319 e. The van der Waals surface area contributed by atoms with E-state index in [2.05, 4.69) is 60.3 Å². The van der Waals surface area contributed by atoms with Gasteiger partial charge in [0.25, 0.3) is 5.91 Å². The average molecular weight is 769 g/mol. The maximum atomic E-state index is 15.6. The van der Waals surface area contributed by atoms with Crippen molar-refractivity contribution in [2.24, 2.45) is 4.99 Å². The lowest BCUT2D eigenvalue weighted by Crippen LogP contribution is -2.48. The summed E-state index contributed by atoms with van der Waals surface area (Å²) in [5.41, 5.74) is 5.78. The van der Waals surface area contributed by atoms with E-state index in [4.69, 9.17) is 9.98 Å². The number of amides is 3. The van der Waals surface area contributed by atoms with Crippen LogP contribution in [0.1, 0.15) is 33.5 Å². The number of carbonyl (C=O) groups is 2. The van der Waals surface area contributed by atoms with Gasteiger partial charge in [-0.1, -0.05) is 127 Å². The number of fused-ring (bicyclic) bond motifs is 2. The molecular weight excluding hydrogens is 736 g/mol. The maximum absolute atomic E-state index is 15.6. The van der Waals surface area contributed by atoms with Gasteiger partial charge in [-0.15, -0.1) is 0 Å². The highest BCUT2D eigenvalue weighted by molar-refractivity contribution is 7.00. The summed E-state index contributed by atoms with van der Waals surface area (Å²) in [6.07, 6.45) is 2.29. The van der Waals surface area contributed by atoms with Crippen LogP contribution >= 0.6 is 11.7 Å². The minimum absolute atomic E-state index is 0.0148. The number of anilines is 2. The monoisotopic (exact) mass is 768 g/mol. The Morgan fingerprint density at radius 3 is 2.00 bits per heavy atom. The van der Waals surface area contributed by atoms with Gasteiger partial charge in [0, 0.05) is 17.3 Å². The molecule has 3 heterocycles. The topological polar surface area (TPSA) is 117 Å². The molecule has 1 aliphatic rings.